The van der Waals surface area contributed by atoms with E-state index in [1.807, 2.05) is 0 Å². The molecule has 1 aliphatic rings. The normalized spacial score (nSPS) is 23.7. The fourth-order valence-electron chi connectivity index (χ4n) is 2.49. The van der Waals surface area contributed by atoms with Crippen molar-refractivity contribution in [1.29, 1.82) is 0 Å². The van der Waals surface area contributed by atoms with E-state index in [-0.39, 0.29) is 4.47 Å². The van der Waals surface area contributed by atoms with Gasteiger partial charge in [0.25, 0.3) is 0 Å². The van der Waals surface area contributed by atoms with E-state index in [0.717, 1.165) is 19.0 Å². The molecule has 1 aromatic rings. The van der Waals surface area contributed by atoms with Gasteiger partial charge in [-0.25, -0.2) is 13.2 Å². The molecule has 2 rings (SSSR count). The molecule has 1 saturated heterocycles. The molecule has 1 fully saturated rings. The maximum absolute atomic E-state index is 14.9. The van der Waals surface area contributed by atoms with Crippen molar-refractivity contribution >= 4 is 15.9 Å². The summed E-state index contributed by atoms with van der Waals surface area (Å²) < 4.78 is 42.7. The first-order valence-corrected chi connectivity index (χ1v) is 6.77. The Labute approximate surface area is 113 Å². The van der Waals surface area contributed by atoms with Crippen molar-refractivity contribution in [1.82, 2.24) is 5.32 Å². The van der Waals surface area contributed by atoms with E-state index < -0.39 is 28.8 Å². The van der Waals surface area contributed by atoms with Crippen molar-refractivity contribution in [2.24, 2.45) is 5.92 Å². The summed E-state index contributed by atoms with van der Waals surface area (Å²) in [6, 6.07) is 2.35. The molecule has 1 heterocycles. The van der Waals surface area contributed by atoms with Crippen molar-refractivity contribution in [3.8, 4) is 0 Å². The van der Waals surface area contributed by atoms with Crippen LogP contribution in [0.15, 0.2) is 16.6 Å². The number of hydrogen-bond acceptors (Lipinski definition) is 1. The van der Waals surface area contributed by atoms with Gasteiger partial charge in [0.15, 0.2) is 0 Å². The SMILES string of the molecule is CC(F)(c1c(F)ccc(Br)c1F)C1CCCNC1. The summed E-state index contributed by atoms with van der Waals surface area (Å²) in [5.74, 6) is -2.08. The van der Waals surface area contributed by atoms with Gasteiger partial charge < -0.3 is 5.32 Å². The van der Waals surface area contributed by atoms with Gasteiger partial charge in [0, 0.05) is 12.5 Å². The average molecular weight is 322 g/mol. The van der Waals surface area contributed by atoms with Crippen LogP contribution in [-0.2, 0) is 5.67 Å². The Morgan fingerprint density at radius 3 is 2.72 bits per heavy atom. The smallest absolute Gasteiger partial charge is 0.146 e. The maximum atomic E-state index is 14.9. The summed E-state index contributed by atoms with van der Waals surface area (Å²) in [4.78, 5) is 0. The van der Waals surface area contributed by atoms with E-state index in [4.69, 9.17) is 0 Å². The molecule has 0 aliphatic carbocycles. The van der Waals surface area contributed by atoms with Crippen LogP contribution in [0.25, 0.3) is 0 Å². The lowest BCUT2D eigenvalue weighted by Gasteiger charge is -2.34. The number of rotatable bonds is 2. The third-order valence-electron chi connectivity index (χ3n) is 3.60. The fraction of sp³-hybridized carbons (Fsp3) is 0.538. The molecule has 1 aliphatic heterocycles. The highest BCUT2D eigenvalue weighted by molar-refractivity contribution is 9.10. The molecule has 1 nitrogen and oxygen atoms in total. The molecule has 2 unspecified atom stereocenters. The van der Waals surface area contributed by atoms with Gasteiger partial charge in [-0.05, 0) is 54.4 Å². The molecule has 0 bridgehead atoms. The van der Waals surface area contributed by atoms with Gasteiger partial charge in [-0.15, -0.1) is 0 Å². The van der Waals surface area contributed by atoms with Gasteiger partial charge in [0.05, 0.1) is 10.0 Å². The number of alkyl halides is 1. The molecule has 1 aromatic carbocycles. The lowest BCUT2D eigenvalue weighted by Crippen LogP contribution is -2.41. The number of benzene rings is 1. The lowest BCUT2D eigenvalue weighted by atomic mass is 9.80. The average Bonchev–Trinajstić information content (AvgIpc) is 2.35. The summed E-state index contributed by atoms with van der Waals surface area (Å²) in [5.41, 5.74) is -2.48. The summed E-state index contributed by atoms with van der Waals surface area (Å²) in [5, 5.41) is 3.07. The highest BCUT2D eigenvalue weighted by Crippen LogP contribution is 2.41. The first-order chi connectivity index (χ1) is 8.44. The molecule has 0 saturated carbocycles. The Balaban J connectivity index is 2.42. The summed E-state index contributed by atoms with van der Waals surface area (Å²) in [6.45, 7) is 2.53. The van der Waals surface area contributed by atoms with Crippen LogP contribution in [0.1, 0.15) is 25.3 Å². The van der Waals surface area contributed by atoms with E-state index in [1.165, 1.54) is 13.0 Å². The van der Waals surface area contributed by atoms with Gasteiger partial charge in [-0.3, -0.25) is 0 Å². The zero-order chi connectivity index (χ0) is 13.3. The van der Waals surface area contributed by atoms with Gasteiger partial charge in [0.2, 0.25) is 0 Å². The third kappa shape index (κ3) is 2.43. The standard InChI is InChI=1S/C13H15BrF3N/c1-13(17,8-3-2-6-18-7-8)11-10(15)5-4-9(14)12(11)16/h4-5,8,18H,2-3,6-7H2,1H3. The largest absolute Gasteiger partial charge is 0.316 e. The molecule has 5 heteroatoms. The van der Waals surface area contributed by atoms with Crippen LogP contribution in [0.4, 0.5) is 13.2 Å². The molecule has 0 aromatic heterocycles. The van der Waals surface area contributed by atoms with E-state index in [1.54, 1.807) is 0 Å². The van der Waals surface area contributed by atoms with Gasteiger partial charge in [-0.2, -0.15) is 0 Å². The minimum Gasteiger partial charge on any atom is -0.316 e. The van der Waals surface area contributed by atoms with Crippen LogP contribution in [-0.4, -0.2) is 13.1 Å². The highest BCUT2D eigenvalue weighted by Gasteiger charge is 2.41. The Kier molecular flexibility index (Phi) is 4.02. The van der Waals surface area contributed by atoms with Crippen LogP contribution in [0.2, 0.25) is 0 Å². The van der Waals surface area contributed by atoms with Gasteiger partial charge in [-0.1, -0.05) is 0 Å². The van der Waals surface area contributed by atoms with Gasteiger partial charge in [0.1, 0.15) is 17.3 Å². The molecular formula is C13H15BrF3N. The summed E-state index contributed by atoms with van der Waals surface area (Å²) >= 11 is 2.97. The predicted octanol–water partition coefficient (Wildman–Crippen LogP) is 3.91. The minimum atomic E-state index is -2.01. The molecule has 100 valence electrons. The van der Waals surface area contributed by atoms with E-state index in [9.17, 15) is 13.2 Å². The van der Waals surface area contributed by atoms with E-state index in [0.29, 0.717) is 13.0 Å². The quantitative estimate of drug-likeness (QED) is 0.814. The molecule has 0 spiro atoms. The highest BCUT2D eigenvalue weighted by atomic mass is 79.9. The van der Waals surface area contributed by atoms with Crippen molar-refractivity contribution in [2.75, 3.05) is 13.1 Å². The summed E-state index contributed by atoms with van der Waals surface area (Å²) in [7, 11) is 0. The van der Waals surface area contributed by atoms with Crippen LogP contribution in [0.3, 0.4) is 0 Å². The Hall–Kier alpha value is -0.550. The predicted molar refractivity (Wildman–Crippen MR) is 68.1 cm³/mol. The molecule has 0 radical (unpaired) electrons. The minimum absolute atomic E-state index is 0.0894. The molecule has 1 N–H and O–H groups in total. The molecule has 2 atom stereocenters. The van der Waals surface area contributed by atoms with E-state index >= 15 is 0 Å². The monoisotopic (exact) mass is 321 g/mol. The Bertz CT molecular complexity index is 442. The number of hydrogen-bond donors (Lipinski definition) is 1. The lowest BCUT2D eigenvalue weighted by molar-refractivity contribution is 0.0728. The van der Waals surface area contributed by atoms with Crippen molar-refractivity contribution < 1.29 is 13.2 Å². The number of nitrogens with one attached hydrogen (secondary N) is 1. The van der Waals surface area contributed by atoms with Crippen LogP contribution in [0.5, 0.6) is 0 Å². The van der Waals surface area contributed by atoms with Crippen LogP contribution < -0.4 is 5.32 Å². The number of piperidine rings is 1. The zero-order valence-electron chi connectivity index (χ0n) is 10.1. The van der Waals surface area contributed by atoms with Crippen LogP contribution in [0, 0.1) is 17.6 Å². The van der Waals surface area contributed by atoms with E-state index in [2.05, 4.69) is 21.2 Å². The Morgan fingerprint density at radius 2 is 2.11 bits per heavy atom. The topological polar surface area (TPSA) is 12.0 Å². The first-order valence-electron chi connectivity index (χ1n) is 5.98. The molecule has 0 amide bonds. The molecular weight excluding hydrogens is 307 g/mol. The maximum Gasteiger partial charge on any atom is 0.146 e. The third-order valence-corrected chi connectivity index (χ3v) is 4.21. The van der Waals surface area contributed by atoms with Crippen LogP contribution >= 0.6 is 15.9 Å². The second-order valence-corrected chi connectivity index (χ2v) is 5.69. The molecule has 18 heavy (non-hydrogen) atoms. The van der Waals surface area contributed by atoms with Gasteiger partial charge >= 0.3 is 0 Å². The zero-order valence-corrected chi connectivity index (χ0v) is 11.7. The van der Waals surface area contributed by atoms with Crippen molar-refractivity contribution in [3.63, 3.8) is 0 Å². The second-order valence-electron chi connectivity index (χ2n) is 4.84. The van der Waals surface area contributed by atoms with Crippen molar-refractivity contribution in [2.45, 2.75) is 25.4 Å². The first kappa shape index (κ1) is 13.9. The Morgan fingerprint density at radius 1 is 1.39 bits per heavy atom. The van der Waals surface area contributed by atoms with Crippen molar-refractivity contribution in [3.05, 3.63) is 33.8 Å². The fourth-order valence-corrected chi connectivity index (χ4v) is 2.82. The number of halogens is 4. The summed E-state index contributed by atoms with van der Waals surface area (Å²) in [6.07, 6.45) is 1.45. The second kappa shape index (κ2) is 5.21.